The molecule has 0 N–H and O–H groups in total. The molecule has 0 saturated carbocycles. The normalized spacial score (nSPS) is 10.1. The fourth-order valence-corrected chi connectivity index (χ4v) is 2.10. The third-order valence-corrected chi connectivity index (χ3v) is 2.74. The zero-order chi connectivity index (χ0) is 9.84. The molecule has 3 heteroatoms. The van der Waals surface area contributed by atoms with E-state index < -0.39 is 0 Å². The molecule has 68 valence electrons. The van der Waals surface area contributed by atoms with Gasteiger partial charge in [-0.3, -0.25) is 0 Å². The Morgan fingerprint density at radius 2 is 2.15 bits per heavy atom. The Kier molecular flexibility index (Phi) is 3.65. The molecule has 0 atom stereocenters. The van der Waals surface area contributed by atoms with Gasteiger partial charge in [0.1, 0.15) is 6.07 Å². The van der Waals surface area contributed by atoms with Crippen molar-refractivity contribution in [2.75, 3.05) is 0 Å². The molecular formula is C10H10ClNS. The molecule has 0 amide bonds. The maximum absolute atomic E-state index is 8.65. The minimum Gasteiger partial charge on any atom is -0.192 e. The molecule has 0 heterocycles. The SMILES string of the molecule is CC(C)Sc1ccc(C#N)c(Cl)c1. The van der Waals surface area contributed by atoms with E-state index in [1.807, 2.05) is 18.2 Å². The van der Waals surface area contributed by atoms with Gasteiger partial charge >= 0.3 is 0 Å². The van der Waals surface area contributed by atoms with E-state index in [2.05, 4.69) is 13.8 Å². The molecule has 0 spiro atoms. The first kappa shape index (κ1) is 10.4. The summed E-state index contributed by atoms with van der Waals surface area (Å²) in [6.45, 7) is 4.24. The number of halogens is 1. The number of benzene rings is 1. The highest BCUT2D eigenvalue weighted by Gasteiger charge is 2.02. The van der Waals surface area contributed by atoms with Gasteiger partial charge in [0.15, 0.2) is 0 Å². The van der Waals surface area contributed by atoms with E-state index in [1.54, 1.807) is 17.8 Å². The monoisotopic (exact) mass is 211 g/mol. The summed E-state index contributed by atoms with van der Waals surface area (Å²) < 4.78 is 0. The standard InChI is InChI=1S/C10H10ClNS/c1-7(2)13-9-4-3-8(6-12)10(11)5-9/h3-5,7H,1-2H3. The Morgan fingerprint density at radius 1 is 1.46 bits per heavy atom. The van der Waals surface area contributed by atoms with Gasteiger partial charge in [-0.15, -0.1) is 11.8 Å². The van der Waals surface area contributed by atoms with Crippen LogP contribution in [0.1, 0.15) is 19.4 Å². The van der Waals surface area contributed by atoms with Gasteiger partial charge in [-0.2, -0.15) is 5.26 Å². The second-order valence-corrected chi connectivity index (χ2v) is 4.98. The van der Waals surface area contributed by atoms with Gasteiger partial charge < -0.3 is 0 Å². The van der Waals surface area contributed by atoms with Gasteiger partial charge in [0.25, 0.3) is 0 Å². The lowest BCUT2D eigenvalue weighted by molar-refractivity contribution is 1.11. The number of nitrogens with zero attached hydrogens (tertiary/aromatic N) is 1. The highest BCUT2D eigenvalue weighted by molar-refractivity contribution is 7.99. The molecule has 1 aromatic carbocycles. The van der Waals surface area contributed by atoms with Crippen molar-refractivity contribution < 1.29 is 0 Å². The molecule has 0 fully saturated rings. The highest BCUT2D eigenvalue weighted by atomic mass is 35.5. The van der Waals surface area contributed by atoms with Crippen molar-refractivity contribution in [2.24, 2.45) is 0 Å². The number of hydrogen-bond acceptors (Lipinski definition) is 2. The average Bonchev–Trinajstić information content (AvgIpc) is 2.03. The van der Waals surface area contributed by atoms with Crippen LogP contribution in [-0.2, 0) is 0 Å². The Balaban J connectivity index is 2.91. The molecule has 0 aliphatic carbocycles. The summed E-state index contributed by atoms with van der Waals surface area (Å²) in [7, 11) is 0. The lowest BCUT2D eigenvalue weighted by Crippen LogP contribution is -1.86. The van der Waals surface area contributed by atoms with Crippen LogP contribution in [0, 0.1) is 11.3 Å². The van der Waals surface area contributed by atoms with Crippen LogP contribution < -0.4 is 0 Å². The first-order chi connectivity index (χ1) is 6.13. The van der Waals surface area contributed by atoms with Crippen molar-refractivity contribution in [1.29, 1.82) is 5.26 Å². The fourth-order valence-electron chi connectivity index (χ4n) is 0.932. The summed E-state index contributed by atoms with van der Waals surface area (Å²) in [5, 5.41) is 9.72. The summed E-state index contributed by atoms with van der Waals surface area (Å²) in [5.41, 5.74) is 0.537. The zero-order valence-corrected chi connectivity index (χ0v) is 9.12. The molecule has 0 bridgehead atoms. The molecule has 0 unspecified atom stereocenters. The number of hydrogen-bond donors (Lipinski definition) is 0. The van der Waals surface area contributed by atoms with Crippen LogP contribution in [0.5, 0.6) is 0 Å². The van der Waals surface area contributed by atoms with Crippen molar-refractivity contribution >= 4 is 23.4 Å². The van der Waals surface area contributed by atoms with Crippen LogP contribution in [-0.4, -0.2) is 5.25 Å². The van der Waals surface area contributed by atoms with Crippen LogP contribution >= 0.6 is 23.4 Å². The molecule has 0 radical (unpaired) electrons. The molecule has 1 nitrogen and oxygen atoms in total. The van der Waals surface area contributed by atoms with Crippen molar-refractivity contribution in [2.45, 2.75) is 24.0 Å². The minimum atomic E-state index is 0.531. The van der Waals surface area contributed by atoms with E-state index in [-0.39, 0.29) is 0 Å². The number of thioether (sulfide) groups is 1. The second-order valence-electron chi connectivity index (χ2n) is 2.92. The van der Waals surface area contributed by atoms with Gasteiger partial charge in [-0.05, 0) is 18.2 Å². The van der Waals surface area contributed by atoms with Crippen LogP contribution in [0.3, 0.4) is 0 Å². The predicted octanol–water partition coefficient (Wildman–Crippen LogP) is 3.71. The number of nitriles is 1. The third-order valence-electron chi connectivity index (χ3n) is 1.43. The van der Waals surface area contributed by atoms with E-state index in [0.29, 0.717) is 15.8 Å². The average molecular weight is 212 g/mol. The third kappa shape index (κ3) is 2.95. The molecule has 0 saturated heterocycles. The van der Waals surface area contributed by atoms with Gasteiger partial charge in [0.2, 0.25) is 0 Å². The van der Waals surface area contributed by atoms with Crippen molar-refractivity contribution in [3.63, 3.8) is 0 Å². The Labute approximate surface area is 87.7 Å². The maximum atomic E-state index is 8.65. The first-order valence-electron chi connectivity index (χ1n) is 4.00. The summed E-state index contributed by atoms with van der Waals surface area (Å²) in [6, 6.07) is 7.56. The molecular weight excluding hydrogens is 202 g/mol. The van der Waals surface area contributed by atoms with Gasteiger partial charge in [0.05, 0.1) is 10.6 Å². The summed E-state index contributed by atoms with van der Waals surface area (Å²) in [4.78, 5) is 1.11. The van der Waals surface area contributed by atoms with Crippen LogP contribution in [0.4, 0.5) is 0 Å². The van der Waals surface area contributed by atoms with E-state index in [4.69, 9.17) is 16.9 Å². The number of rotatable bonds is 2. The smallest absolute Gasteiger partial charge is 0.101 e. The van der Waals surface area contributed by atoms with Crippen LogP contribution in [0.15, 0.2) is 23.1 Å². The topological polar surface area (TPSA) is 23.8 Å². The summed E-state index contributed by atoms with van der Waals surface area (Å²) in [6.07, 6.45) is 0. The van der Waals surface area contributed by atoms with Crippen LogP contribution in [0.2, 0.25) is 5.02 Å². The van der Waals surface area contributed by atoms with Crippen molar-refractivity contribution in [3.05, 3.63) is 28.8 Å². The van der Waals surface area contributed by atoms with Crippen molar-refractivity contribution in [3.8, 4) is 6.07 Å². The molecule has 0 aromatic heterocycles. The minimum absolute atomic E-state index is 0.531. The lowest BCUT2D eigenvalue weighted by atomic mass is 10.2. The summed E-state index contributed by atoms with van der Waals surface area (Å²) >= 11 is 7.62. The zero-order valence-electron chi connectivity index (χ0n) is 7.54. The summed E-state index contributed by atoms with van der Waals surface area (Å²) in [5.74, 6) is 0. The highest BCUT2D eigenvalue weighted by Crippen LogP contribution is 2.27. The molecule has 0 aliphatic heterocycles. The van der Waals surface area contributed by atoms with Crippen molar-refractivity contribution in [1.82, 2.24) is 0 Å². The largest absolute Gasteiger partial charge is 0.192 e. The van der Waals surface area contributed by atoms with Gasteiger partial charge in [0, 0.05) is 10.1 Å². The predicted molar refractivity (Wildman–Crippen MR) is 57.2 cm³/mol. The Bertz CT molecular complexity index is 341. The molecule has 13 heavy (non-hydrogen) atoms. The van der Waals surface area contributed by atoms with E-state index in [1.165, 1.54) is 0 Å². The van der Waals surface area contributed by atoms with E-state index in [9.17, 15) is 0 Å². The van der Waals surface area contributed by atoms with Gasteiger partial charge in [-0.25, -0.2) is 0 Å². The maximum Gasteiger partial charge on any atom is 0.101 e. The quantitative estimate of drug-likeness (QED) is 0.697. The second kappa shape index (κ2) is 4.55. The lowest BCUT2D eigenvalue weighted by Gasteiger charge is -2.05. The fraction of sp³-hybridized carbons (Fsp3) is 0.300. The first-order valence-corrected chi connectivity index (χ1v) is 5.25. The van der Waals surface area contributed by atoms with E-state index in [0.717, 1.165) is 4.90 Å². The molecule has 1 aromatic rings. The van der Waals surface area contributed by atoms with Gasteiger partial charge in [-0.1, -0.05) is 25.4 Å². The van der Waals surface area contributed by atoms with E-state index >= 15 is 0 Å². The molecule has 0 aliphatic rings. The molecule has 1 rings (SSSR count). The Hall–Kier alpha value is -0.650. The van der Waals surface area contributed by atoms with Crippen LogP contribution in [0.25, 0.3) is 0 Å². The Morgan fingerprint density at radius 3 is 2.62 bits per heavy atom.